The average molecular weight is 1080 g/mol. The highest BCUT2D eigenvalue weighted by atomic mass is 16.6. The van der Waals surface area contributed by atoms with Crippen LogP contribution in [-0.2, 0) is 57.1 Å². The molecular weight excluding hydrogens is 975 g/mol. The van der Waals surface area contributed by atoms with Crippen molar-refractivity contribution in [2.24, 2.45) is 41.4 Å². The van der Waals surface area contributed by atoms with E-state index in [0.29, 0.717) is 38.5 Å². The average Bonchev–Trinajstić information content (AvgIpc) is 3.37. The van der Waals surface area contributed by atoms with E-state index in [1.807, 2.05) is 53.7 Å². The molecule has 0 unspecified atom stereocenters. The summed E-state index contributed by atoms with van der Waals surface area (Å²) >= 11 is 0. The molecule has 17 atom stereocenters. The number of cyclic esters (lactones) is 1. The number of nitrogens with zero attached hydrogens (tertiary/aromatic N) is 3. The van der Waals surface area contributed by atoms with Crippen LogP contribution in [0.15, 0.2) is 60.4 Å². The Morgan fingerprint density at radius 2 is 1.54 bits per heavy atom. The number of esters is 4. The lowest BCUT2D eigenvalue weighted by molar-refractivity contribution is -0.166. The molecule has 0 saturated heterocycles. The van der Waals surface area contributed by atoms with Gasteiger partial charge in [0.15, 0.2) is 0 Å². The fourth-order valence-corrected chi connectivity index (χ4v) is 9.44. The van der Waals surface area contributed by atoms with Crippen molar-refractivity contribution in [3.8, 4) is 0 Å². The second kappa shape index (κ2) is 36.8. The third-order valence-corrected chi connectivity index (χ3v) is 15.2. The topological polar surface area (TPSA) is 200 Å². The molecule has 17 heteroatoms. The highest BCUT2D eigenvalue weighted by molar-refractivity contribution is 5.82. The summed E-state index contributed by atoms with van der Waals surface area (Å²) in [6, 6.07) is -1.20. The number of amides is 1. The van der Waals surface area contributed by atoms with Crippen LogP contribution in [0.25, 0.3) is 0 Å². The molecule has 0 fully saturated rings. The van der Waals surface area contributed by atoms with Gasteiger partial charge in [0.2, 0.25) is 6.41 Å². The first kappa shape index (κ1) is 69.8. The molecule has 0 aromatic rings. The first-order chi connectivity index (χ1) is 35.7. The van der Waals surface area contributed by atoms with Crippen molar-refractivity contribution in [3.63, 3.8) is 0 Å². The summed E-state index contributed by atoms with van der Waals surface area (Å²) in [7, 11) is 13.6. The van der Waals surface area contributed by atoms with Gasteiger partial charge in [-0.05, 0) is 110 Å². The summed E-state index contributed by atoms with van der Waals surface area (Å²) < 4.78 is 41.6. The van der Waals surface area contributed by atoms with Gasteiger partial charge in [0, 0.05) is 77.7 Å². The number of carbonyl (C=O) groups is 5. The minimum Gasteiger partial charge on any atom is -0.462 e. The third kappa shape index (κ3) is 25.1. The number of allylic oxidation sites excluding steroid dienone is 3. The minimum absolute atomic E-state index is 0.131. The highest BCUT2D eigenvalue weighted by Crippen LogP contribution is 2.32. The Morgan fingerprint density at radius 3 is 2.12 bits per heavy atom. The molecule has 436 valence electrons. The molecule has 0 spiro atoms. The Bertz CT molecular complexity index is 1870. The fraction of sp³-hybridized carbons (Fsp3) is 0.746. The van der Waals surface area contributed by atoms with Crippen molar-refractivity contribution in [2.75, 3.05) is 63.2 Å². The van der Waals surface area contributed by atoms with Gasteiger partial charge in [-0.25, -0.2) is 4.79 Å². The molecule has 17 nitrogen and oxygen atoms in total. The van der Waals surface area contributed by atoms with Crippen LogP contribution in [0.5, 0.6) is 0 Å². The van der Waals surface area contributed by atoms with Crippen LogP contribution in [0.2, 0.25) is 0 Å². The zero-order valence-corrected chi connectivity index (χ0v) is 49.6. The van der Waals surface area contributed by atoms with Crippen LogP contribution >= 0.6 is 0 Å². The molecule has 1 rings (SSSR count). The van der Waals surface area contributed by atoms with Gasteiger partial charge in [-0.15, -0.1) is 0 Å². The van der Waals surface area contributed by atoms with Crippen molar-refractivity contribution in [1.82, 2.24) is 14.7 Å². The van der Waals surface area contributed by atoms with Gasteiger partial charge in [-0.1, -0.05) is 91.0 Å². The Kier molecular flexibility index (Phi) is 33.8. The summed E-state index contributed by atoms with van der Waals surface area (Å²) in [5.41, 5.74) is 1.10. The molecule has 2 N–H and O–H groups in total. The summed E-state index contributed by atoms with van der Waals surface area (Å²) in [5.74, 6) is -4.14. The standard InChI is InChI=1S/C59H101N3O14/c1-38-27-28-39(2)51(72-18)31-30-41(4)56(76-59(69)49(36-70-16)61(13)14)43(6)50(65)24-20-19-21-26-54(66)74-52(25-22-23-48(35-38)71-17)44(7)55(67)40(3)29-32-53(75-58(68)46(9)60(11)12)45(8)57(73-47(10)64)42(5)33-34-62(15)37-63/h19-23,26,28,33-34,37-38,40-46,48-53,55-57,65,67H,24-25,27,29-32,35-36H2,1-18H3/b20-19+,23-22+,26-21+,34-33+,39-28+/t38-,40+,41-,42-,43-,44-,45+,46+,48+,49-,50-,51+,52+,53-,55+,56-,57-/m1/s1. The van der Waals surface area contributed by atoms with E-state index >= 15 is 0 Å². The molecule has 0 aromatic carbocycles. The molecule has 0 saturated carbocycles. The van der Waals surface area contributed by atoms with Gasteiger partial charge >= 0.3 is 23.9 Å². The number of hydrogen-bond donors (Lipinski definition) is 2. The smallest absolute Gasteiger partial charge is 0.331 e. The number of carbonyl (C=O) groups excluding carboxylic acids is 5. The van der Waals surface area contributed by atoms with Crippen molar-refractivity contribution in [2.45, 2.75) is 182 Å². The van der Waals surface area contributed by atoms with Crippen LogP contribution in [0, 0.1) is 41.4 Å². The number of hydrogen-bond acceptors (Lipinski definition) is 16. The number of aliphatic hydroxyl groups excluding tert-OH is 2. The maximum absolute atomic E-state index is 13.6. The Hall–Kier alpha value is -4.23. The van der Waals surface area contributed by atoms with Crippen molar-refractivity contribution in [1.29, 1.82) is 0 Å². The van der Waals surface area contributed by atoms with Gasteiger partial charge in [-0.3, -0.25) is 29.0 Å². The van der Waals surface area contributed by atoms with E-state index in [4.69, 9.17) is 33.2 Å². The molecular formula is C59H101N3O14. The Balaban J connectivity index is 3.64. The molecule has 0 radical (unpaired) electrons. The summed E-state index contributed by atoms with van der Waals surface area (Å²) in [5, 5.41) is 23.6. The van der Waals surface area contributed by atoms with Gasteiger partial charge < -0.3 is 48.3 Å². The monoisotopic (exact) mass is 1080 g/mol. The summed E-state index contributed by atoms with van der Waals surface area (Å²) in [4.78, 5) is 69.2. The van der Waals surface area contributed by atoms with E-state index in [9.17, 15) is 34.2 Å². The maximum Gasteiger partial charge on any atom is 0.331 e. The number of methoxy groups -OCH3 is 3. The van der Waals surface area contributed by atoms with Crippen LogP contribution in [0.4, 0.5) is 0 Å². The van der Waals surface area contributed by atoms with E-state index in [1.165, 1.54) is 25.0 Å². The van der Waals surface area contributed by atoms with E-state index in [-0.39, 0.29) is 55.3 Å². The predicted octanol–water partition coefficient (Wildman–Crippen LogP) is 7.74. The van der Waals surface area contributed by atoms with Crippen LogP contribution in [0.3, 0.4) is 0 Å². The minimum atomic E-state index is -0.966. The zero-order chi connectivity index (χ0) is 57.8. The lowest BCUT2D eigenvalue weighted by Crippen LogP contribution is -2.45. The highest BCUT2D eigenvalue weighted by Gasteiger charge is 2.38. The molecule has 0 bridgehead atoms. The zero-order valence-electron chi connectivity index (χ0n) is 49.6. The second-order valence-corrected chi connectivity index (χ2v) is 21.9. The number of likely N-dealkylation sites (N-methyl/N-ethyl adjacent to an activating group) is 2. The van der Waals surface area contributed by atoms with Crippen LogP contribution in [-0.4, -0.2) is 179 Å². The van der Waals surface area contributed by atoms with Crippen molar-refractivity contribution >= 4 is 30.3 Å². The first-order valence-corrected chi connectivity index (χ1v) is 27.3. The van der Waals surface area contributed by atoms with Crippen LogP contribution in [0.1, 0.15) is 121 Å². The quantitative estimate of drug-likeness (QED) is 0.0435. The first-order valence-electron chi connectivity index (χ1n) is 27.3. The largest absolute Gasteiger partial charge is 0.462 e. The van der Waals surface area contributed by atoms with Gasteiger partial charge in [0.25, 0.3) is 0 Å². The van der Waals surface area contributed by atoms with E-state index < -0.39 is 90.3 Å². The second-order valence-electron chi connectivity index (χ2n) is 21.9. The van der Waals surface area contributed by atoms with Gasteiger partial charge in [0.1, 0.15) is 36.5 Å². The molecule has 0 aromatic heterocycles. The SMILES string of the molecule is COC[C@H](C(=O)O[C@H]1[C@H](C)[C@H](O)C/C=C/C=C/C(=O)O[C@H]([C@@H](C)[C@@H](O)[C@@H](C)CC[C@@H](OC(=O)[C@H](C)N(C)C)[C@H](C)[C@H](OC(C)=O)[C@H](C)/C=C/N(C)C=O)C/C=C/[C@H](OC)C[C@H](C)C/C=C(\C)[C@@H](OC)CC[C@H]1C)N(C)C. The molecule has 1 aliphatic rings. The van der Waals surface area contributed by atoms with Crippen LogP contribution < -0.4 is 0 Å². The van der Waals surface area contributed by atoms with Crippen molar-refractivity contribution < 1.29 is 67.3 Å². The molecule has 1 amide bonds. The van der Waals surface area contributed by atoms with Gasteiger partial charge in [-0.2, -0.15) is 0 Å². The Labute approximate surface area is 457 Å². The molecule has 1 aliphatic heterocycles. The lowest BCUT2D eigenvalue weighted by Gasteiger charge is -2.35. The number of aliphatic hydroxyl groups is 2. The maximum atomic E-state index is 13.6. The lowest BCUT2D eigenvalue weighted by atomic mass is 9.82. The molecule has 1 heterocycles. The van der Waals surface area contributed by atoms with Gasteiger partial charge in [0.05, 0.1) is 31.0 Å². The van der Waals surface area contributed by atoms with E-state index in [1.54, 1.807) is 96.7 Å². The predicted molar refractivity (Wildman–Crippen MR) is 297 cm³/mol. The molecule has 0 aliphatic carbocycles. The summed E-state index contributed by atoms with van der Waals surface area (Å²) in [6.07, 6.45) is 15.4. The third-order valence-electron chi connectivity index (χ3n) is 15.2. The van der Waals surface area contributed by atoms with Crippen molar-refractivity contribution in [3.05, 3.63) is 60.4 Å². The fourth-order valence-electron chi connectivity index (χ4n) is 9.44. The number of rotatable bonds is 23. The summed E-state index contributed by atoms with van der Waals surface area (Å²) in [6.45, 7) is 18.8. The number of ether oxygens (including phenoxy) is 7. The normalized spacial score (nSPS) is 28.6. The van der Waals surface area contributed by atoms with E-state index in [0.717, 1.165) is 12.0 Å². The van der Waals surface area contributed by atoms with E-state index in [2.05, 4.69) is 19.9 Å². The Morgan fingerprint density at radius 1 is 0.868 bits per heavy atom. The molecule has 76 heavy (non-hydrogen) atoms.